The van der Waals surface area contributed by atoms with E-state index in [0.29, 0.717) is 18.1 Å². The Kier molecular flexibility index (Phi) is 5.08. The molecule has 2 atom stereocenters. The standard InChI is InChI=1S/C10H20N4OS/c1-8(2)14-10(12-7-13-14)6-16(15)5-9(3)4-11/h7-9H,4-6,11H2,1-3H3. The first-order valence-corrected chi connectivity index (χ1v) is 6.96. The molecule has 16 heavy (non-hydrogen) atoms. The van der Waals surface area contributed by atoms with E-state index in [1.807, 2.05) is 25.5 Å². The van der Waals surface area contributed by atoms with Crippen LogP contribution in [-0.2, 0) is 16.6 Å². The van der Waals surface area contributed by atoms with Crippen LogP contribution in [0.2, 0.25) is 0 Å². The van der Waals surface area contributed by atoms with E-state index in [-0.39, 0.29) is 12.0 Å². The summed E-state index contributed by atoms with van der Waals surface area (Å²) < 4.78 is 13.6. The van der Waals surface area contributed by atoms with Crippen LogP contribution in [0.3, 0.4) is 0 Å². The summed E-state index contributed by atoms with van der Waals surface area (Å²) in [5.41, 5.74) is 5.50. The van der Waals surface area contributed by atoms with Gasteiger partial charge in [-0.05, 0) is 26.3 Å². The minimum atomic E-state index is -0.910. The summed E-state index contributed by atoms with van der Waals surface area (Å²) in [6.45, 7) is 6.64. The van der Waals surface area contributed by atoms with E-state index in [1.54, 1.807) is 0 Å². The van der Waals surface area contributed by atoms with E-state index in [9.17, 15) is 4.21 Å². The van der Waals surface area contributed by atoms with Crippen molar-refractivity contribution in [2.24, 2.45) is 11.7 Å². The summed E-state index contributed by atoms with van der Waals surface area (Å²) in [6.07, 6.45) is 1.51. The first-order chi connectivity index (χ1) is 7.54. The van der Waals surface area contributed by atoms with Gasteiger partial charge in [-0.2, -0.15) is 5.10 Å². The molecule has 1 aromatic heterocycles. The summed E-state index contributed by atoms with van der Waals surface area (Å²) in [7, 11) is -0.910. The molecule has 1 rings (SSSR count). The highest BCUT2D eigenvalue weighted by Gasteiger charge is 2.12. The van der Waals surface area contributed by atoms with Crippen LogP contribution in [0.1, 0.15) is 32.6 Å². The van der Waals surface area contributed by atoms with Crippen molar-refractivity contribution in [1.82, 2.24) is 14.8 Å². The molecule has 2 unspecified atom stereocenters. The van der Waals surface area contributed by atoms with Gasteiger partial charge in [0.2, 0.25) is 0 Å². The zero-order valence-electron chi connectivity index (χ0n) is 10.1. The molecule has 0 amide bonds. The monoisotopic (exact) mass is 244 g/mol. The molecular weight excluding hydrogens is 224 g/mol. The molecule has 0 spiro atoms. The van der Waals surface area contributed by atoms with Crippen LogP contribution in [0.15, 0.2) is 6.33 Å². The van der Waals surface area contributed by atoms with Crippen LogP contribution < -0.4 is 5.73 Å². The van der Waals surface area contributed by atoms with Crippen molar-refractivity contribution >= 4 is 10.8 Å². The lowest BCUT2D eigenvalue weighted by Gasteiger charge is -2.10. The Morgan fingerprint density at radius 2 is 2.19 bits per heavy atom. The van der Waals surface area contributed by atoms with Crippen LogP contribution in [0.5, 0.6) is 0 Å². The number of rotatable bonds is 6. The maximum absolute atomic E-state index is 11.8. The van der Waals surface area contributed by atoms with Gasteiger partial charge in [0.15, 0.2) is 0 Å². The zero-order valence-corrected chi connectivity index (χ0v) is 10.9. The Morgan fingerprint density at radius 1 is 1.50 bits per heavy atom. The third-order valence-electron chi connectivity index (χ3n) is 2.30. The summed E-state index contributed by atoms with van der Waals surface area (Å²) >= 11 is 0. The Labute approximate surface area is 98.9 Å². The van der Waals surface area contributed by atoms with E-state index in [0.717, 1.165) is 5.82 Å². The van der Waals surface area contributed by atoms with Crippen LogP contribution >= 0.6 is 0 Å². The molecule has 0 fully saturated rings. The Balaban J connectivity index is 2.59. The van der Waals surface area contributed by atoms with Gasteiger partial charge in [-0.1, -0.05) is 6.92 Å². The van der Waals surface area contributed by atoms with Gasteiger partial charge >= 0.3 is 0 Å². The largest absolute Gasteiger partial charge is 0.330 e. The fourth-order valence-corrected chi connectivity index (χ4v) is 2.78. The molecule has 0 saturated heterocycles. The molecular formula is C10H20N4OS. The third-order valence-corrected chi connectivity index (χ3v) is 3.82. The van der Waals surface area contributed by atoms with Crippen molar-refractivity contribution in [3.8, 4) is 0 Å². The van der Waals surface area contributed by atoms with Crippen molar-refractivity contribution in [2.45, 2.75) is 32.6 Å². The van der Waals surface area contributed by atoms with Crippen molar-refractivity contribution in [3.63, 3.8) is 0 Å². The number of hydrogen-bond donors (Lipinski definition) is 1. The van der Waals surface area contributed by atoms with E-state index in [2.05, 4.69) is 10.1 Å². The average Bonchev–Trinajstić information content (AvgIpc) is 2.65. The predicted molar refractivity (Wildman–Crippen MR) is 65.3 cm³/mol. The maximum atomic E-state index is 11.8. The van der Waals surface area contributed by atoms with Gasteiger partial charge in [-0.15, -0.1) is 0 Å². The normalized spacial score (nSPS) is 15.3. The zero-order chi connectivity index (χ0) is 12.1. The molecule has 5 nitrogen and oxygen atoms in total. The topological polar surface area (TPSA) is 73.8 Å². The smallest absolute Gasteiger partial charge is 0.139 e. The highest BCUT2D eigenvalue weighted by atomic mass is 32.2. The van der Waals surface area contributed by atoms with Gasteiger partial charge < -0.3 is 5.73 Å². The number of aromatic nitrogens is 3. The molecule has 1 heterocycles. The van der Waals surface area contributed by atoms with Gasteiger partial charge in [-0.25, -0.2) is 9.67 Å². The molecule has 0 aromatic carbocycles. The minimum absolute atomic E-state index is 0.251. The average molecular weight is 244 g/mol. The maximum Gasteiger partial charge on any atom is 0.139 e. The first-order valence-electron chi connectivity index (χ1n) is 5.48. The van der Waals surface area contributed by atoms with Gasteiger partial charge in [-0.3, -0.25) is 4.21 Å². The molecule has 0 radical (unpaired) electrons. The summed E-state index contributed by atoms with van der Waals surface area (Å²) in [5, 5.41) is 4.11. The van der Waals surface area contributed by atoms with E-state index in [1.165, 1.54) is 6.33 Å². The van der Waals surface area contributed by atoms with Gasteiger partial charge in [0, 0.05) is 22.6 Å². The van der Waals surface area contributed by atoms with E-state index in [4.69, 9.17) is 5.73 Å². The third kappa shape index (κ3) is 3.68. The van der Waals surface area contributed by atoms with E-state index < -0.39 is 10.8 Å². The highest BCUT2D eigenvalue weighted by molar-refractivity contribution is 7.84. The van der Waals surface area contributed by atoms with Crippen LogP contribution in [0.4, 0.5) is 0 Å². The molecule has 92 valence electrons. The number of hydrogen-bond acceptors (Lipinski definition) is 4. The Hall–Kier alpha value is -0.750. The number of nitrogens with zero attached hydrogens (tertiary/aromatic N) is 3. The van der Waals surface area contributed by atoms with Crippen LogP contribution in [0.25, 0.3) is 0 Å². The van der Waals surface area contributed by atoms with Crippen LogP contribution in [0, 0.1) is 5.92 Å². The fraction of sp³-hybridized carbons (Fsp3) is 0.800. The molecule has 1 aromatic rings. The second-order valence-electron chi connectivity index (χ2n) is 4.31. The summed E-state index contributed by atoms with van der Waals surface area (Å²) in [4.78, 5) is 4.14. The highest BCUT2D eigenvalue weighted by Crippen LogP contribution is 2.08. The molecule has 0 bridgehead atoms. The lowest BCUT2D eigenvalue weighted by atomic mass is 10.2. The predicted octanol–water partition coefficient (Wildman–Crippen LogP) is 0.702. The lowest BCUT2D eigenvalue weighted by Crippen LogP contribution is -2.19. The minimum Gasteiger partial charge on any atom is -0.330 e. The van der Waals surface area contributed by atoms with Gasteiger partial charge in [0.1, 0.15) is 12.2 Å². The second kappa shape index (κ2) is 6.10. The summed E-state index contributed by atoms with van der Waals surface area (Å²) in [6, 6.07) is 0.251. The van der Waals surface area contributed by atoms with Crippen molar-refractivity contribution in [2.75, 3.05) is 12.3 Å². The van der Waals surface area contributed by atoms with Crippen molar-refractivity contribution in [1.29, 1.82) is 0 Å². The second-order valence-corrected chi connectivity index (χ2v) is 5.81. The number of nitrogens with two attached hydrogens (primary N) is 1. The van der Waals surface area contributed by atoms with Crippen molar-refractivity contribution in [3.05, 3.63) is 12.2 Å². The van der Waals surface area contributed by atoms with Gasteiger partial charge in [0.05, 0.1) is 5.75 Å². The summed E-state index contributed by atoms with van der Waals surface area (Å²) in [5.74, 6) is 2.16. The Bertz CT molecular complexity index is 350. The van der Waals surface area contributed by atoms with E-state index >= 15 is 0 Å². The molecule has 0 saturated carbocycles. The molecule has 0 aliphatic heterocycles. The molecule has 6 heteroatoms. The molecule has 0 aliphatic carbocycles. The quantitative estimate of drug-likeness (QED) is 0.799. The SMILES string of the molecule is CC(CN)CS(=O)Cc1ncnn1C(C)C. The van der Waals surface area contributed by atoms with Gasteiger partial charge in [0.25, 0.3) is 0 Å². The fourth-order valence-electron chi connectivity index (χ4n) is 1.40. The molecule has 2 N–H and O–H groups in total. The van der Waals surface area contributed by atoms with Crippen molar-refractivity contribution < 1.29 is 4.21 Å². The first kappa shape index (κ1) is 13.3. The Morgan fingerprint density at radius 3 is 2.75 bits per heavy atom. The van der Waals surface area contributed by atoms with Crippen LogP contribution in [-0.4, -0.2) is 31.3 Å². The lowest BCUT2D eigenvalue weighted by molar-refractivity contribution is 0.513. The molecule has 0 aliphatic rings.